The van der Waals surface area contributed by atoms with Crippen LogP contribution in [0.15, 0.2) is 35.3 Å². The summed E-state index contributed by atoms with van der Waals surface area (Å²) in [6.07, 6.45) is 5.91. The Balaban J connectivity index is 0.00000272. The molecule has 4 rings (SSSR count). The van der Waals surface area contributed by atoms with Gasteiger partial charge in [0.1, 0.15) is 11.6 Å². The number of nitrogens with zero attached hydrogens (tertiary/aromatic N) is 5. The molecule has 1 amide bonds. The van der Waals surface area contributed by atoms with Crippen molar-refractivity contribution in [2.75, 3.05) is 24.5 Å². The van der Waals surface area contributed by atoms with Gasteiger partial charge in [0.2, 0.25) is 5.91 Å². The number of hydrogen-bond acceptors (Lipinski definition) is 4. The summed E-state index contributed by atoms with van der Waals surface area (Å²) >= 11 is 0. The normalized spacial score (nSPS) is 18.9. The minimum Gasteiger partial charge on any atom is -0.357 e. The standard InChI is InChI=1S/C22H31N7O.HI/c1-2-23-22(24-13-12-20-27-26-19-11-7-4-8-14-28(19)20)25-17-15-21(30)29(16-17)18-9-5-3-6-10-18;/h3,5-6,9-10,17H,2,4,7-8,11-16H2,1H3,(H2,23,24,25);1H. The molecular weight excluding hydrogens is 505 g/mol. The fourth-order valence-corrected chi connectivity index (χ4v) is 4.17. The Bertz CT molecular complexity index is 883. The molecule has 3 heterocycles. The summed E-state index contributed by atoms with van der Waals surface area (Å²) in [6, 6.07) is 9.87. The van der Waals surface area contributed by atoms with E-state index in [0.717, 1.165) is 49.2 Å². The van der Waals surface area contributed by atoms with Crippen molar-refractivity contribution in [2.24, 2.45) is 4.99 Å². The number of rotatable bonds is 6. The topological polar surface area (TPSA) is 87.4 Å². The van der Waals surface area contributed by atoms with Crippen LogP contribution >= 0.6 is 24.0 Å². The largest absolute Gasteiger partial charge is 0.357 e. The number of para-hydroxylation sites is 1. The predicted molar refractivity (Wildman–Crippen MR) is 133 cm³/mol. The van der Waals surface area contributed by atoms with Gasteiger partial charge in [0.15, 0.2) is 5.96 Å². The Kier molecular flexibility index (Phi) is 8.68. The van der Waals surface area contributed by atoms with E-state index in [0.29, 0.717) is 19.5 Å². The second-order valence-corrected chi connectivity index (χ2v) is 7.89. The predicted octanol–water partition coefficient (Wildman–Crippen LogP) is 2.53. The summed E-state index contributed by atoms with van der Waals surface area (Å²) < 4.78 is 2.27. The van der Waals surface area contributed by atoms with E-state index in [4.69, 9.17) is 4.99 Å². The van der Waals surface area contributed by atoms with Crippen LogP contribution in [0.25, 0.3) is 0 Å². The maximum Gasteiger partial charge on any atom is 0.229 e. The highest BCUT2D eigenvalue weighted by atomic mass is 127. The Labute approximate surface area is 200 Å². The minimum atomic E-state index is 0. The summed E-state index contributed by atoms with van der Waals surface area (Å²) in [5.41, 5.74) is 0.946. The highest BCUT2D eigenvalue weighted by Gasteiger charge is 2.31. The van der Waals surface area contributed by atoms with E-state index in [1.807, 2.05) is 42.2 Å². The van der Waals surface area contributed by atoms with Gasteiger partial charge in [-0.15, -0.1) is 34.2 Å². The first-order valence-electron chi connectivity index (χ1n) is 11.1. The number of aliphatic imine (C=N–C) groups is 1. The van der Waals surface area contributed by atoms with Gasteiger partial charge in [0.05, 0.1) is 6.04 Å². The number of amides is 1. The molecule has 9 heteroatoms. The number of aromatic nitrogens is 3. The summed E-state index contributed by atoms with van der Waals surface area (Å²) in [6.45, 7) is 5.11. The number of fused-ring (bicyclic) bond motifs is 1. The minimum absolute atomic E-state index is 0. The van der Waals surface area contributed by atoms with E-state index < -0.39 is 0 Å². The maximum atomic E-state index is 12.5. The van der Waals surface area contributed by atoms with Gasteiger partial charge in [-0.3, -0.25) is 9.79 Å². The van der Waals surface area contributed by atoms with E-state index in [1.165, 1.54) is 19.3 Å². The van der Waals surface area contributed by atoms with Gasteiger partial charge in [0.25, 0.3) is 0 Å². The van der Waals surface area contributed by atoms with Gasteiger partial charge in [-0.1, -0.05) is 24.6 Å². The lowest BCUT2D eigenvalue weighted by Gasteiger charge is -2.19. The summed E-state index contributed by atoms with van der Waals surface area (Å²) in [4.78, 5) is 19.0. The molecule has 168 valence electrons. The van der Waals surface area contributed by atoms with Gasteiger partial charge in [-0.25, -0.2) is 0 Å². The molecule has 0 saturated carbocycles. The number of hydrogen-bond donors (Lipinski definition) is 2. The molecule has 2 aliphatic heterocycles. The molecule has 31 heavy (non-hydrogen) atoms. The highest BCUT2D eigenvalue weighted by Crippen LogP contribution is 2.21. The quantitative estimate of drug-likeness (QED) is 0.336. The maximum absolute atomic E-state index is 12.5. The Hall–Kier alpha value is -2.17. The van der Waals surface area contributed by atoms with Crippen LogP contribution in [0.4, 0.5) is 5.69 Å². The van der Waals surface area contributed by atoms with Crippen LogP contribution in [0.3, 0.4) is 0 Å². The number of nitrogens with one attached hydrogen (secondary N) is 2. The third kappa shape index (κ3) is 5.96. The summed E-state index contributed by atoms with van der Waals surface area (Å²) in [7, 11) is 0. The van der Waals surface area contributed by atoms with Gasteiger partial charge in [-0.05, 0) is 31.9 Å². The lowest BCUT2D eigenvalue weighted by molar-refractivity contribution is -0.117. The third-order valence-corrected chi connectivity index (χ3v) is 5.67. The van der Waals surface area contributed by atoms with Crippen molar-refractivity contribution in [3.63, 3.8) is 0 Å². The molecule has 1 unspecified atom stereocenters. The number of carbonyl (C=O) groups excluding carboxylic acids is 1. The van der Waals surface area contributed by atoms with Crippen molar-refractivity contribution in [3.05, 3.63) is 42.0 Å². The Morgan fingerprint density at radius 2 is 2.03 bits per heavy atom. The first-order chi connectivity index (χ1) is 14.7. The van der Waals surface area contributed by atoms with Crippen molar-refractivity contribution in [1.82, 2.24) is 25.4 Å². The van der Waals surface area contributed by atoms with Crippen LogP contribution in [0.5, 0.6) is 0 Å². The number of guanidine groups is 1. The molecule has 0 radical (unpaired) electrons. The number of benzene rings is 1. The van der Waals surface area contributed by atoms with Gasteiger partial charge in [-0.2, -0.15) is 0 Å². The number of anilines is 1. The summed E-state index contributed by atoms with van der Waals surface area (Å²) in [5.74, 6) is 3.03. The second kappa shape index (κ2) is 11.4. The highest BCUT2D eigenvalue weighted by molar-refractivity contribution is 14.0. The SMILES string of the molecule is CCNC(=NCCc1nnc2n1CCCCC2)NC1CC(=O)N(c2ccccc2)C1.I. The van der Waals surface area contributed by atoms with E-state index in [2.05, 4.69) is 25.4 Å². The van der Waals surface area contributed by atoms with Crippen LogP contribution in [0, 0.1) is 0 Å². The van der Waals surface area contributed by atoms with Crippen LogP contribution in [-0.4, -0.2) is 52.3 Å². The molecule has 0 spiro atoms. The molecule has 8 nitrogen and oxygen atoms in total. The zero-order chi connectivity index (χ0) is 20.8. The van der Waals surface area contributed by atoms with Crippen molar-refractivity contribution in [2.45, 2.75) is 58.0 Å². The third-order valence-electron chi connectivity index (χ3n) is 5.67. The van der Waals surface area contributed by atoms with E-state index >= 15 is 0 Å². The van der Waals surface area contributed by atoms with Gasteiger partial charge < -0.3 is 20.1 Å². The lowest BCUT2D eigenvalue weighted by atomic mass is 10.2. The average Bonchev–Trinajstić information content (AvgIpc) is 3.22. The van der Waals surface area contributed by atoms with E-state index in [-0.39, 0.29) is 35.9 Å². The summed E-state index contributed by atoms with van der Waals surface area (Å²) in [5, 5.41) is 15.5. The Morgan fingerprint density at radius 1 is 1.19 bits per heavy atom. The molecular formula is C22H32IN7O. The lowest BCUT2D eigenvalue weighted by Crippen LogP contribution is -2.44. The molecule has 0 bridgehead atoms. The molecule has 1 aromatic heterocycles. The molecule has 2 aliphatic rings. The van der Waals surface area contributed by atoms with Crippen LogP contribution < -0.4 is 15.5 Å². The first-order valence-corrected chi connectivity index (χ1v) is 11.1. The first kappa shape index (κ1) is 23.5. The van der Waals surface area contributed by atoms with Gasteiger partial charge in [0, 0.05) is 51.1 Å². The number of carbonyl (C=O) groups is 1. The average molecular weight is 537 g/mol. The zero-order valence-electron chi connectivity index (χ0n) is 18.1. The number of halogens is 1. The fourth-order valence-electron chi connectivity index (χ4n) is 4.17. The van der Waals surface area contributed by atoms with Crippen molar-refractivity contribution >= 4 is 41.5 Å². The zero-order valence-corrected chi connectivity index (χ0v) is 20.4. The molecule has 1 saturated heterocycles. The van der Waals surface area contributed by atoms with Crippen molar-refractivity contribution in [1.29, 1.82) is 0 Å². The molecule has 1 atom stereocenters. The molecule has 1 fully saturated rings. The van der Waals surface area contributed by atoms with Crippen LogP contribution in [0.1, 0.15) is 44.3 Å². The molecule has 2 aromatic rings. The fraction of sp³-hybridized carbons (Fsp3) is 0.545. The van der Waals surface area contributed by atoms with E-state index in [1.54, 1.807) is 0 Å². The second-order valence-electron chi connectivity index (χ2n) is 7.89. The molecule has 2 N–H and O–H groups in total. The van der Waals surface area contributed by atoms with Crippen molar-refractivity contribution in [3.8, 4) is 0 Å². The monoisotopic (exact) mass is 537 g/mol. The van der Waals surface area contributed by atoms with Crippen LogP contribution in [0.2, 0.25) is 0 Å². The van der Waals surface area contributed by atoms with Crippen LogP contribution in [-0.2, 0) is 24.2 Å². The smallest absolute Gasteiger partial charge is 0.229 e. The Morgan fingerprint density at radius 3 is 2.84 bits per heavy atom. The number of aryl methyl sites for hydroxylation is 1. The molecule has 1 aromatic carbocycles. The van der Waals surface area contributed by atoms with Gasteiger partial charge >= 0.3 is 0 Å². The van der Waals surface area contributed by atoms with Crippen molar-refractivity contribution < 1.29 is 4.79 Å². The molecule has 0 aliphatic carbocycles. The van der Waals surface area contributed by atoms with E-state index in [9.17, 15) is 4.79 Å².